The van der Waals surface area contributed by atoms with E-state index in [1.165, 1.54) is 12.1 Å². The van der Waals surface area contributed by atoms with Gasteiger partial charge in [0.1, 0.15) is 5.82 Å². The first kappa shape index (κ1) is 13.5. The molecule has 0 aliphatic heterocycles. The lowest BCUT2D eigenvalue weighted by Crippen LogP contribution is -2.14. The number of pyridine rings is 1. The summed E-state index contributed by atoms with van der Waals surface area (Å²) in [7, 11) is 0. The fourth-order valence-corrected chi connectivity index (χ4v) is 1.78. The molecule has 1 heterocycles. The van der Waals surface area contributed by atoms with E-state index in [0.29, 0.717) is 5.69 Å². The maximum absolute atomic E-state index is 13.7. The van der Waals surface area contributed by atoms with Crippen LogP contribution in [0.25, 0.3) is 0 Å². The van der Waals surface area contributed by atoms with E-state index in [-0.39, 0.29) is 10.7 Å². The number of aromatic nitrogens is 1. The summed E-state index contributed by atoms with van der Waals surface area (Å²) in [5.41, 5.74) is 1.95. The van der Waals surface area contributed by atoms with E-state index < -0.39 is 11.7 Å². The maximum Gasteiger partial charge on any atom is 0.258 e. The van der Waals surface area contributed by atoms with Crippen LogP contribution in [0.3, 0.4) is 0 Å². The number of carbonyl (C=O) groups is 1. The summed E-state index contributed by atoms with van der Waals surface area (Å²) in [6, 6.07) is 6.11. The highest BCUT2D eigenvalue weighted by atomic mass is 35.5. The number of anilines is 1. The molecule has 1 N–H and O–H groups in total. The molecule has 1 amide bonds. The Bertz CT molecular complexity index is 643. The van der Waals surface area contributed by atoms with Crippen LogP contribution < -0.4 is 5.32 Å². The maximum atomic E-state index is 13.7. The number of aryl methyl sites for hydroxylation is 2. The van der Waals surface area contributed by atoms with Crippen molar-refractivity contribution in [2.45, 2.75) is 13.8 Å². The monoisotopic (exact) mass is 278 g/mol. The Balaban J connectivity index is 2.28. The molecule has 1 aromatic heterocycles. The Morgan fingerprint density at radius 2 is 2.00 bits per heavy atom. The van der Waals surface area contributed by atoms with Crippen LogP contribution in [0.2, 0.25) is 5.15 Å². The third-order valence-corrected chi connectivity index (χ3v) is 2.89. The first-order chi connectivity index (χ1) is 8.97. The zero-order valence-electron chi connectivity index (χ0n) is 10.5. The zero-order valence-corrected chi connectivity index (χ0v) is 11.3. The molecular formula is C14H12ClFN2O. The first-order valence-electron chi connectivity index (χ1n) is 5.67. The second-order valence-corrected chi connectivity index (χ2v) is 4.65. The van der Waals surface area contributed by atoms with Gasteiger partial charge < -0.3 is 5.32 Å². The molecule has 1 aromatic carbocycles. The van der Waals surface area contributed by atoms with E-state index in [1.54, 1.807) is 25.3 Å². The van der Waals surface area contributed by atoms with Gasteiger partial charge in [0, 0.05) is 6.20 Å². The molecule has 0 bridgehead atoms. The third-order valence-electron chi connectivity index (χ3n) is 2.59. The normalized spacial score (nSPS) is 10.3. The minimum Gasteiger partial charge on any atom is -0.319 e. The van der Waals surface area contributed by atoms with Crippen LogP contribution >= 0.6 is 11.6 Å². The van der Waals surface area contributed by atoms with E-state index in [4.69, 9.17) is 11.6 Å². The summed E-state index contributed by atoms with van der Waals surface area (Å²) in [4.78, 5) is 15.9. The van der Waals surface area contributed by atoms with Crippen molar-refractivity contribution < 1.29 is 9.18 Å². The smallest absolute Gasteiger partial charge is 0.258 e. The highest BCUT2D eigenvalue weighted by Crippen LogP contribution is 2.21. The SMILES string of the molecule is Cc1ccc(C(=O)Nc2cc(C)cnc2Cl)c(F)c1. The second kappa shape index (κ2) is 5.36. The molecule has 0 saturated heterocycles. The van der Waals surface area contributed by atoms with Gasteiger partial charge in [0.2, 0.25) is 0 Å². The average molecular weight is 279 g/mol. The number of nitrogens with zero attached hydrogens (tertiary/aromatic N) is 1. The number of carbonyl (C=O) groups excluding carboxylic acids is 1. The van der Waals surface area contributed by atoms with Crippen LogP contribution in [0.5, 0.6) is 0 Å². The number of hydrogen-bond donors (Lipinski definition) is 1. The lowest BCUT2D eigenvalue weighted by atomic mass is 10.1. The van der Waals surface area contributed by atoms with Crippen molar-refractivity contribution in [2.75, 3.05) is 5.32 Å². The van der Waals surface area contributed by atoms with Gasteiger partial charge in [-0.1, -0.05) is 17.7 Å². The van der Waals surface area contributed by atoms with Crippen LogP contribution in [-0.4, -0.2) is 10.9 Å². The number of amides is 1. The third kappa shape index (κ3) is 3.09. The van der Waals surface area contributed by atoms with Crippen molar-refractivity contribution in [1.29, 1.82) is 0 Å². The van der Waals surface area contributed by atoms with Crippen molar-refractivity contribution in [3.8, 4) is 0 Å². The summed E-state index contributed by atoms with van der Waals surface area (Å²) in [6.45, 7) is 3.58. The van der Waals surface area contributed by atoms with Gasteiger partial charge in [0.05, 0.1) is 11.3 Å². The first-order valence-corrected chi connectivity index (χ1v) is 6.05. The van der Waals surface area contributed by atoms with Gasteiger partial charge >= 0.3 is 0 Å². The number of benzene rings is 1. The quantitative estimate of drug-likeness (QED) is 0.850. The van der Waals surface area contributed by atoms with Crippen LogP contribution in [0.4, 0.5) is 10.1 Å². The predicted octanol–water partition coefficient (Wildman–Crippen LogP) is 3.74. The van der Waals surface area contributed by atoms with Crippen LogP contribution in [0.15, 0.2) is 30.5 Å². The molecule has 0 fully saturated rings. The number of hydrogen-bond acceptors (Lipinski definition) is 2. The van der Waals surface area contributed by atoms with E-state index in [9.17, 15) is 9.18 Å². The number of nitrogens with one attached hydrogen (secondary N) is 1. The van der Waals surface area contributed by atoms with E-state index >= 15 is 0 Å². The Kier molecular flexibility index (Phi) is 3.81. The molecule has 5 heteroatoms. The van der Waals surface area contributed by atoms with Gasteiger partial charge in [0.25, 0.3) is 5.91 Å². The van der Waals surface area contributed by atoms with Crippen LogP contribution in [-0.2, 0) is 0 Å². The van der Waals surface area contributed by atoms with Crippen molar-refractivity contribution >= 4 is 23.2 Å². The summed E-state index contributed by atoms with van der Waals surface area (Å²) < 4.78 is 13.7. The molecule has 2 rings (SSSR count). The lowest BCUT2D eigenvalue weighted by molar-refractivity contribution is 0.102. The molecule has 19 heavy (non-hydrogen) atoms. The summed E-state index contributed by atoms with van der Waals surface area (Å²) >= 11 is 5.87. The molecule has 0 saturated carbocycles. The summed E-state index contributed by atoms with van der Waals surface area (Å²) in [5.74, 6) is -1.11. The number of halogens is 2. The van der Waals surface area contributed by atoms with Gasteiger partial charge in [0.15, 0.2) is 5.15 Å². The van der Waals surface area contributed by atoms with Crippen molar-refractivity contribution in [2.24, 2.45) is 0 Å². The molecule has 0 atom stereocenters. The molecule has 2 aromatic rings. The number of rotatable bonds is 2. The Labute approximate surface area is 115 Å². The minimum atomic E-state index is -0.561. The van der Waals surface area contributed by atoms with Gasteiger partial charge in [-0.05, 0) is 43.2 Å². The molecule has 0 aliphatic rings. The Morgan fingerprint density at radius 3 is 2.68 bits per heavy atom. The molecule has 3 nitrogen and oxygen atoms in total. The fraction of sp³-hybridized carbons (Fsp3) is 0.143. The van der Waals surface area contributed by atoms with Gasteiger partial charge in [-0.15, -0.1) is 0 Å². The summed E-state index contributed by atoms with van der Waals surface area (Å²) in [5, 5.41) is 2.73. The lowest BCUT2D eigenvalue weighted by Gasteiger charge is -2.08. The Hall–Kier alpha value is -1.94. The van der Waals surface area contributed by atoms with E-state index in [0.717, 1.165) is 11.1 Å². The predicted molar refractivity (Wildman–Crippen MR) is 73.1 cm³/mol. The van der Waals surface area contributed by atoms with Gasteiger partial charge in [-0.25, -0.2) is 9.37 Å². The van der Waals surface area contributed by atoms with E-state index in [1.807, 2.05) is 6.92 Å². The zero-order chi connectivity index (χ0) is 14.0. The van der Waals surface area contributed by atoms with Crippen molar-refractivity contribution in [3.63, 3.8) is 0 Å². The minimum absolute atomic E-state index is 0.0248. The second-order valence-electron chi connectivity index (χ2n) is 4.29. The highest BCUT2D eigenvalue weighted by Gasteiger charge is 2.13. The molecule has 0 unspecified atom stereocenters. The largest absolute Gasteiger partial charge is 0.319 e. The topological polar surface area (TPSA) is 42.0 Å². The molecular weight excluding hydrogens is 267 g/mol. The standard InChI is InChI=1S/C14H12ClFN2O/c1-8-3-4-10(11(16)5-8)14(19)18-12-6-9(2)7-17-13(12)15/h3-7H,1-2H3,(H,18,19). The van der Waals surface area contributed by atoms with Crippen LogP contribution in [0.1, 0.15) is 21.5 Å². The summed E-state index contributed by atoms with van der Waals surface area (Å²) in [6.07, 6.45) is 1.59. The van der Waals surface area contributed by atoms with E-state index in [2.05, 4.69) is 10.3 Å². The molecule has 0 radical (unpaired) electrons. The molecule has 98 valence electrons. The van der Waals surface area contributed by atoms with Crippen LogP contribution in [0, 0.1) is 19.7 Å². The fourth-order valence-electron chi connectivity index (χ4n) is 1.63. The Morgan fingerprint density at radius 1 is 1.26 bits per heavy atom. The van der Waals surface area contributed by atoms with Gasteiger partial charge in [-0.3, -0.25) is 4.79 Å². The highest BCUT2D eigenvalue weighted by molar-refractivity contribution is 6.32. The molecule has 0 aliphatic carbocycles. The average Bonchev–Trinajstić information content (AvgIpc) is 2.33. The molecule has 0 spiro atoms. The van der Waals surface area contributed by atoms with Gasteiger partial charge in [-0.2, -0.15) is 0 Å². The van der Waals surface area contributed by atoms with Crippen molar-refractivity contribution in [3.05, 3.63) is 58.1 Å². The van der Waals surface area contributed by atoms with Crippen molar-refractivity contribution in [1.82, 2.24) is 4.98 Å².